The minimum atomic E-state index is -4.96. The molecule has 558 valence electrons. The third-order valence-electron chi connectivity index (χ3n) is 17.5. The fourth-order valence-corrected chi connectivity index (χ4v) is 13.1. The summed E-state index contributed by atoms with van der Waals surface area (Å²) in [4.78, 5) is 72.7. The Morgan fingerprint density at radius 3 is 0.723 bits per heavy atom. The molecule has 0 amide bonds. The molecule has 0 radical (unpaired) electrons. The molecule has 19 heteroatoms. The largest absolute Gasteiger partial charge is 0.472 e. The van der Waals surface area contributed by atoms with Crippen LogP contribution in [0.3, 0.4) is 0 Å². The maximum Gasteiger partial charge on any atom is 0.472 e. The lowest BCUT2D eigenvalue weighted by atomic mass is 10.0. The predicted molar refractivity (Wildman–Crippen MR) is 381 cm³/mol. The molecule has 0 rings (SSSR count). The molecule has 94 heavy (non-hydrogen) atoms. The highest BCUT2D eigenvalue weighted by Crippen LogP contribution is 2.45. The predicted octanol–water partition coefficient (Wildman–Crippen LogP) is 21.9. The van der Waals surface area contributed by atoms with Crippen molar-refractivity contribution >= 4 is 39.5 Å². The lowest BCUT2D eigenvalue weighted by molar-refractivity contribution is -0.161. The van der Waals surface area contributed by atoms with Gasteiger partial charge in [0.25, 0.3) is 0 Å². The zero-order chi connectivity index (χ0) is 69.3. The molecule has 2 unspecified atom stereocenters. The van der Waals surface area contributed by atoms with Gasteiger partial charge in [-0.25, -0.2) is 9.13 Å². The van der Waals surface area contributed by atoms with Crippen molar-refractivity contribution in [3.05, 3.63) is 0 Å². The number of unbranched alkanes of at least 4 members (excludes halogenated alkanes) is 44. The summed E-state index contributed by atoms with van der Waals surface area (Å²) in [5, 5.41) is 10.6. The van der Waals surface area contributed by atoms with Crippen LogP contribution in [0.25, 0.3) is 0 Å². The highest BCUT2D eigenvalue weighted by Gasteiger charge is 2.30. The summed E-state index contributed by atoms with van der Waals surface area (Å²) in [5.41, 5.74) is 0. The number of phosphoric acid groups is 2. The number of carbonyl (C=O) groups is 4. The van der Waals surface area contributed by atoms with E-state index >= 15 is 0 Å². The fourth-order valence-electron chi connectivity index (χ4n) is 11.5. The molecule has 0 saturated heterocycles. The minimum Gasteiger partial charge on any atom is -0.462 e. The van der Waals surface area contributed by atoms with Crippen molar-refractivity contribution < 1.29 is 80.2 Å². The molecule has 0 aromatic heterocycles. The van der Waals surface area contributed by atoms with Gasteiger partial charge in [0, 0.05) is 25.7 Å². The molecule has 0 aliphatic carbocycles. The van der Waals surface area contributed by atoms with Crippen molar-refractivity contribution in [2.75, 3.05) is 39.6 Å². The second kappa shape index (κ2) is 66.9. The molecule has 0 aromatic carbocycles. The van der Waals surface area contributed by atoms with E-state index in [1.165, 1.54) is 205 Å². The third kappa shape index (κ3) is 68.6. The number of phosphoric ester groups is 2. The van der Waals surface area contributed by atoms with Gasteiger partial charge >= 0.3 is 39.5 Å². The molecule has 0 bridgehead atoms. The van der Waals surface area contributed by atoms with Crippen LogP contribution in [0.5, 0.6) is 0 Å². The van der Waals surface area contributed by atoms with Gasteiger partial charge in [0.15, 0.2) is 12.2 Å². The second-order valence-electron chi connectivity index (χ2n) is 28.0. The summed E-state index contributed by atoms with van der Waals surface area (Å²) in [6.07, 6.45) is 54.0. The van der Waals surface area contributed by atoms with Gasteiger partial charge in [-0.2, -0.15) is 0 Å². The number of carbonyl (C=O) groups excluding carboxylic acids is 4. The van der Waals surface area contributed by atoms with Crippen molar-refractivity contribution in [3.63, 3.8) is 0 Å². The maximum absolute atomic E-state index is 13.1. The fraction of sp³-hybridized carbons (Fsp3) is 0.947. The molecule has 5 atom stereocenters. The number of ether oxygens (including phenoxy) is 4. The summed E-state index contributed by atoms with van der Waals surface area (Å²) < 4.78 is 68.5. The van der Waals surface area contributed by atoms with Crippen LogP contribution in [0.2, 0.25) is 0 Å². The Morgan fingerprint density at radius 1 is 0.287 bits per heavy atom. The minimum absolute atomic E-state index is 0.107. The van der Waals surface area contributed by atoms with E-state index in [9.17, 15) is 43.2 Å². The molecule has 0 aromatic rings. The summed E-state index contributed by atoms with van der Waals surface area (Å²) in [7, 11) is -9.91. The molecule has 0 spiro atoms. The summed E-state index contributed by atoms with van der Waals surface area (Å²) >= 11 is 0. The van der Waals surface area contributed by atoms with Gasteiger partial charge < -0.3 is 33.8 Å². The molecule has 0 saturated carbocycles. The SMILES string of the molecule is CCCCCCCCCCCCCC(=O)O[C@H](COC(=O)CCCCCCCCCCCC)COP(=O)(O)OC[C@H](O)COP(=O)(O)OC[C@@H](COC(=O)CCCCCCCCCCCCCC(C)C)OC(=O)CCCCCCCCCCCCCCCCCCC(C)C. The number of hydrogen-bond acceptors (Lipinski definition) is 15. The third-order valence-corrected chi connectivity index (χ3v) is 19.4. The topological polar surface area (TPSA) is 237 Å². The van der Waals surface area contributed by atoms with Gasteiger partial charge in [-0.15, -0.1) is 0 Å². The molecule has 3 N–H and O–H groups in total. The Hall–Kier alpha value is -1.94. The van der Waals surface area contributed by atoms with Crippen molar-refractivity contribution in [1.82, 2.24) is 0 Å². The van der Waals surface area contributed by atoms with E-state index in [-0.39, 0.29) is 25.7 Å². The van der Waals surface area contributed by atoms with Crippen molar-refractivity contribution in [1.29, 1.82) is 0 Å². The Morgan fingerprint density at radius 2 is 0.489 bits per heavy atom. The first-order chi connectivity index (χ1) is 45.4. The van der Waals surface area contributed by atoms with E-state index in [1.54, 1.807) is 0 Å². The number of rotatable bonds is 74. The van der Waals surface area contributed by atoms with Gasteiger partial charge in [0.1, 0.15) is 19.3 Å². The zero-order valence-electron chi connectivity index (χ0n) is 61.3. The first kappa shape index (κ1) is 92.1. The average molecular weight is 1380 g/mol. The summed E-state index contributed by atoms with van der Waals surface area (Å²) in [6.45, 7) is 9.61. The van der Waals surface area contributed by atoms with E-state index in [1.807, 2.05) is 0 Å². The van der Waals surface area contributed by atoms with Gasteiger partial charge in [0.2, 0.25) is 0 Å². The van der Waals surface area contributed by atoms with Crippen LogP contribution in [-0.2, 0) is 65.4 Å². The molecule has 0 aliphatic rings. The van der Waals surface area contributed by atoms with Gasteiger partial charge in [-0.05, 0) is 37.5 Å². The van der Waals surface area contributed by atoms with Crippen molar-refractivity contribution in [3.8, 4) is 0 Å². The Labute approximate surface area is 575 Å². The molecule has 0 heterocycles. The van der Waals surface area contributed by atoms with Crippen LogP contribution in [0.1, 0.15) is 388 Å². The van der Waals surface area contributed by atoms with Gasteiger partial charge in [-0.3, -0.25) is 37.3 Å². The smallest absolute Gasteiger partial charge is 0.462 e. The molecular formula is C75H146O17P2. The van der Waals surface area contributed by atoms with Crippen LogP contribution in [0.15, 0.2) is 0 Å². The Kier molecular flexibility index (Phi) is 65.5. The Bertz CT molecular complexity index is 1820. The quantitative estimate of drug-likeness (QED) is 0.0222. The van der Waals surface area contributed by atoms with E-state index in [2.05, 4.69) is 41.5 Å². The molecule has 0 fully saturated rings. The van der Waals surface area contributed by atoms with E-state index in [4.69, 9.17) is 37.0 Å². The Balaban J connectivity index is 5.22. The van der Waals surface area contributed by atoms with Crippen LogP contribution in [-0.4, -0.2) is 96.7 Å². The number of aliphatic hydroxyl groups is 1. The van der Waals surface area contributed by atoms with Crippen LogP contribution < -0.4 is 0 Å². The molecular weight excluding hydrogens is 1230 g/mol. The number of esters is 4. The van der Waals surface area contributed by atoms with Crippen LogP contribution >= 0.6 is 15.6 Å². The van der Waals surface area contributed by atoms with E-state index < -0.39 is 97.5 Å². The zero-order valence-corrected chi connectivity index (χ0v) is 63.1. The van der Waals surface area contributed by atoms with Crippen molar-refractivity contribution in [2.45, 2.75) is 407 Å². The first-order valence-corrected chi connectivity index (χ1v) is 42.0. The van der Waals surface area contributed by atoms with Crippen LogP contribution in [0.4, 0.5) is 0 Å². The van der Waals surface area contributed by atoms with Gasteiger partial charge in [-0.1, -0.05) is 337 Å². The maximum atomic E-state index is 13.1. The molecule has 0 aliphatic heterocycles. The van der Waals surface area contributed by atoms with E-state index in [0.717, 1.165) is 102 Å². The highest BCUT2D eigenvalue weighted by atomic mass is 31.2. The van der Waals surface area contributed by atoms with Gasteiger partial charge in [0.05, 0.1) is 26.4 Å². The standard InChI is InChI=1S/C75H146O17P2/c1-7-9-11-13-15-17-26-35-41-47-53-59-74(79)91-70(63-85-72(77)57-51-45-39-33-18-16-14-12-10-8-2)65-89-93(81,82)87-61-69(76)62-88-94(83,84)90-66-71(64-86-73(78)58-52-46-40-34-30-25-28-32-38-44-50-56-68(5)6)92-75(80)60-54-48-42-36-29-24-22-20-19-21-23-27-31-37-43-49-55-67(3)4/h67-71,76H,7-66H2,1-6H3,(H,81,82)(H,83,84)/t69-,70+,71+/m0/s1. The normalized spacial score (nSPS) is 14.0. The van der Waals surface area contributed by atoms with Crippen LogP contribution in [0, 0.1) is 11.8 Å². The molecule has 17 nitrogen and oxygen atoms in total. The lowest BCUT2D eigenvalue weighted by Gasteiger charge is -2.21. The first-order valence-electron chi connectivity index (χ1n) is 39.0. The highest BCUT2D eigenvalue weighted by molar-refractivity contribution is 7.47. The average Bonchev–Trinajstić information content (AvgIpc) is 1.20. The van der Waals surface area contributed by atoms with Crippen molar-refractivity contribution in [2.24, 2.45) is 11.8 Å². The number of aliphatic hydroxyl groups excluding tert-OH is 1. The van der Waals surface area contributed by atoms with E-state index in [0.29, 0.717) is 25.7 Å². The summed E-state index contributed by atoms with van der Waals surface area (Å²) in [5.74, 6) is -0.536. The lowest BCUT2D eigenvalue weighted by Crippen LogP contribution is -2.30. The monoisotopic (exact) mass is 1380 g/mol. The summed E-state index contributed by atoms with van der Waals surface area (Å²) in [6, 6.07) is 0. The number of hydrogen-bond donors (Lipinski definition) is 3. The second-order valence-corrected chi connectivity index (χ2v) is 30.9.